The number of fused-ring (bicyclic) bond motifs is 1. The van der Waals surface area contributed by atoms with Crippen molar-refractivity contribution in [2.75, 3.05) is 11.9 Å². The van der Waals surface area contributed by atoms with Crippen LogP contribution in [0.5, 0.6) is 0 Å². The number of nitrogens with zero attached hydrogens (tertiary/aromatic N) is 5. The van der Waals surface area contributed by atoms with E-state index in [1.807, 2.05) is 62.4 Å². The van der Waals surface area contributed by atoms with E-state index in [9.17, 15) is 14.4 Å². The Bertz CT molecular complexity index is 1450. The molecule has 0 fully saturated rings. The van der Waals surface area contributed by atoms with Crippen molar-refractivity contribution in [3.05, 3.63) is 86.7 Å². The van der Waals surface area contributed by atoms with Gasteiger partial charge in [-0.15, -0.1) is 0 Å². The smallest absolute Gasteiger partial charge is 0.314 e. The van der Waals surface area contributed by atoms with Crippen molar-refractivity contribution in [1.29, 1.82) is 0 Å². The summed E-state index contributed by atoms with van der Waals surface area (Å²) in [5, 5.41) is 0.175. The highest BCUT2D eigenvalue weighted by atomic mass is 16.2. The summed E-state index contributed by atoms with van der Waals surface area (Å²) in [6.07, 6.45) is 1.40. The van der Waals surface area contributed by atoms with Gasteiger partial charge in [0.15, 0.2) is 11.5 Å². The van der Waals surface area contributed by atoms with E-state index in [-0.39, 0.29) is 23.5 Å². The van der Waals surface area contributed by atoms with Crippen LogP contribution in [-0.2, 0) is 18.4 Å². The molecule has 0 radical (unpaired) electrons. The molecule has 0 aliphatic carbocycles. The second kappa shape index (κ2) is 8.22. The molecule has 0 bridgehead atoms. The van der Waals surface area contributed by atoms with Gasteiger partial charge in [0.05, 0.1) is 0 Å². The molecule has 2 aromatic carbocycles. The third kappa shape index (κ3) is 3.71. The van der Waals surface area contributed by atoms with Crippen LogP contribution < -0.4 is 16.1 Å². The van der Waals surface area contributed by atoms with Gasteiger partial charge in [0.1, 0.15) is 11.9 Å². The fraction of sp³-hybridized carbons (Fsp3) is 0.208. The molecule has 0 spiro atoms. The fourth-order valence-corrected chi connectivity index (χ4v) is 3.61. The summed E-state index contributed by atoms with van der Waals surface area (Å²) >= 11 is 0. The zero-order chi connectivity index (χ0) is 23.0. The van der Waals surface area contributed by atoms with Gasteiger partial charge in [-0.25, -0.2) is 14.8 Å². The van der Waals surface area contributed by atoms with E-state index in [2.05, 4.69) is 9.97 Å². The number of carbonyl (C=O) groups is 1. The Hall–Kier alpha value is -4.07. The Morgan fingerprint density at radius 3 is 2.50 bits per heavy atom. The first-order chi connectivity index (χ1) is 15.3. The van der Waals surface area contributed by atoms with Gasteiger partial charge >= 0.3 is 5.69 Å². The lowest BCUT2D eigenvalue weighted by Crippen LogP contribution is -2.44. The molecule has 4 aromatic rings. The monoisotopic (exact) mass is 429 g/mol. The van der Waals surface area contributed by atoms with Gasteiger partial charge in [-0.1, -0.05) is 42.5 Å². The number of benzene rings is 2. The average molecular weight is 429 g/mol. The normalized spacial score (nSPS) is 11.0. The maximum atomic E-state index is 13.1. The molecule has 0 atom stereocenters. The van der Waals surface area contributed by atoms with Crippen LogP contribution in [0, 0.1) is 13.8 Å². The standard InChI is InChI=1S/C24H23N5O3/c1-15-10-11-16(2)19(12-15)27(3)20(30)14-29-23(31)18-13-25-21(17-8-6-5-7-9-17)26-22(18)28(4)24(29)32/h5-13H,14H2,1-4H3. The van der Waals surface area contributed by atoms with Gasteiger partial charge < -0.3 is 4.90 Å². The summed E-state index contributed by atoms with van der Waals surface area (Å²) in [7, 11) is 3.16. The largest absolute Gasteiger partial charge is 0.332 e. The lowest BCUT2D eigenvalue weighted by atomic mass is 10.1. The van der Waals surface area contributed by atoms with Crippen molar-refractivity contribution in [3.8, 4) is 11.4 Å². The number of rotatable bonds is 4. The van der Waals surface area contributed by atoms with Crippen LogP contribution in [0.15, 0.2) is 64.3 Å². The summed E-state index contributed by atoms with van der Waals surface area (Å²) in [4.78, 5) is 49.2. The van der Waals surface area contributed by atoms with Gasteiger partial charge in [0.2, 0.25) is 5.91 Å². The van der Waals surface area contributed by atoms with Crippen molar-refractivity contribution in [1.82, 2.24) is 19.1 Å². The van der Waals surface area contributed by atoms with Crippen LogP contribution in [0.3, 0.4) is 0 Å². The number of aromatic nitrogens is 4. The summed E-state index contributed by atoms with van der Waals surface area (Å²) in [6, 6.07) is 15.1. The van der Waals surface area contributed by atoms with E-state index >= 15 is 0 Å². The maximum Gasteiger partial charge on any atom is 0.332 e. The highest BCUT2D eigenvalue weighted by molar-refractivity contribution is 5.93. The van der Waals surface area contributed by atoms with Crippen molar-refractivity contribution in [2.24, 2.45) is 7.05 Å². The summed E-state index contributed by atoms with van der Waals surface area (Å²) in [5.41, 5.74) is 2.46. The molecule has 2 aromatic heterocycles. The molecule has 162 valence electrons. The zero-order valence-electron chi connectivity index (χ0n) is 18.4. The second-order valence-corrected chi connectivity index (χ2v) is 7.77. The Kier molecular flexibility index (Phi) is 5.44. The Balaban J connectivity index is 1.75. The second-order valence-electron chi connectivity index (χ2n) is 7.77. The third-order valence-electron chi connectivity index (χ3n) is 5.51. The Labute approximate surface area is 184 Å². The van der Waals surface area contributed by atoms with Crippen LogP contribution in [0.4, 0.5) is 5.69 Å². The van der Waals surface area contributed by atoms with E-state index in [1.54, 1.807) is 7.05 Å². The quantitative estimate of drug-likeness (QED) is 0.497. The lowest BCUT2D eigenvalue weighted by Gasteiger charge is -2.21. The van der Waals surface area contributed by atoms with Gasteiger partial charge in [0, 0.05) is 31.5 Å². The predicted octanol–water partition coefficient (Wildman–Crippen LogP) is 2.44. The average Bonchev–Trinajstić information content (AvgIpc) is 2.81. The molecule has 8 heteroatoms. The fourth-order valence-electron chi connectivity index (χ4n) is 3.61. The lowest BCUT2D eigenvalue weighted by molar-refractivity contribution is -0.119. The number of aryl methyl sites for hydroxylation is 3. The molecule has 2 heterocycles. The topological polar surface area (TPSA) is 90.1 Å². The predicted molar refractivity (Wildman–Crippen MR) is 124 cm³/mol. The molecule has 4 rings (SSSR count). The summed E-state index contributed by atoms with van der Waals surface area (Å²) in [5.74, 6) is 0.0371. The first kappa shape index (κ1) is 21.2. The maximum absolute atomic E-state index is 13.1. The van der Waals surface area contributed by atoms with Gasteiger partial charge in [0.25, 0.3) is 5.56 Å². The van der Waals surface area contributed by atoms with Gasteiger partial charge in [-0.05, 0) is 31.0 Å². The number of hydrogen-bond acceptors (Lipinski definition) is 5. The molecule has 8 nitrogen and oxygen atoms in total. The van der Waals surface area contributed by atoms with E-state index in [0.717, 1.165) is 26.9 Å². The molecule has 32 heavy (non-hydrogen) atoms. The highest BCUT2D eigenvalue weighted by Gasteiger charge is 2.19. The summed E-state index contributed by atoms with van der Waals surface area (Å²) < 4.78 is 2.20. The van der Waals surface area contributed by atoms with Crippen LogP contribution in [0.2, 0.25) is 0 Å². The first-order valence-electron chi connectivity index (χ1n) is 10.1. The number of likely N-dealkylation sites (N-methyl/N-ethyl adjacent to an activating group) is 1. The van der Waals surface area contributed by atoms with E-state index in [1.165, 1.54) is 22.7 Å². The van der Waals surface area contributed by atoms with E-state index in [0.29, 0.717) is 5.82 Å². The Morgan fingerprint density at radius 1 is 1.06 bits per heavy atom. The molecule has 0 aliphatic heterocycles. The Morgan fingerprint density at radius 2 is 1.78 bits per heavy atom. The minimum absolute atomic E-state index is 0.175. The van der Waals surface area contributed by atoms with Crippen LogP contribution >= 0.6 is 0 Å². The summed E-state index contributed by atoms with van der Waals surface area (Å²) in [6.45, 7) is 3.46. The SMILES string of the molecule is Cc1ccc(C)c(N(C)C(=O)Cn2c(=O)c3cnc(-c4ccccc4)nc3n(C)c2=O)c1. The molecule has 0 saturated heterocycles. The first-order valence-corrected chi connectivity index (χ1v) is 10.1. The molecule has 0 saturated carbocycles. The van der Waals surface area contributed by atoms with Crippen molar-refractivity contribution >= 4 is 22.6 Å². The zero-order valence-corrected chi connectivity index (χ0v) is 18.4. The van der Waals surface area contributed by atoms with Gasteiger partial charge in [-0.2, -0.15) is 0 Å². The minimum atomic E-state index is -0.608. The van der Waals surface area contributed by atoms with Crippen molar-refractivity contribution in [2.45, 2.75) is 20.4 Å². The third-order valence-corrected chi connectivity index (χ3v) is 5.51. The number of hydrogen-bond donors (Lipinski definition) is 0. The molecule has 0 unspecified atom stereocenters. The van der Waals surface area contributed by atoms with Crippen LogP contribution in [-0.4, -0.2) is 32.1 Å². The number of carbonyl (C=O) groups excluding carboxylic acids is 1. The highest BCUT2D eigenvalue weighted by Crippen LogP contribution is 2.20. The molecule has 1 amide bonds. The molecular weight excluding hydrogens is 406 g/mol. The van der Waals surface area contributed by atoms with E-state index < -0.39 is 11.2 Å². The number of anilines is 1. The molecule has 0 aliphatic rings. The molecular formula is C24H23N5O3. The molecule has 0 N–H and O–H groups in total. The minimum Gasteiger partial charge on any atom is -0.314 e. The van der Waals surface area contributed by atoms with Crippen LogP contribution in [0.1, 0.15) is 11.1 Å². The van der Waals surface area contributed by atoms with E-state index in [4.69, 9.17) is 0 Å². The van der Waals surface area contributed by atoms with Crippen LogP contribution in [0.25, 0.3) is 22.4 Å². The van der Waals surface area contributed by atoms with Crippen molar-refractivity contribution in [3.63, 3.8) is 0 Å². The van der Waals surface area contributed by atoms with Gasteiger partial charge in [-0.3, -0.25) is 18.7 Å². The number of amides is 1. The van der Waals surface area contributed by atoms with Crippen molar-refractivity contribution < 1.29 is 4.79 Å².